The van der Waals surface area contributed by atoms with E-state index in [2.05, 4.69) is 76.1 Å². The molecule has 0 bridgehead atoms. The largest absolute Gasteiger partial charge is 0.409 e. The van der Waals surface area contributed by atoms with Gasteiger partial charge in [-0.25, -0.2) is 0 Å². The van der Waals surface area contributed by atoms with Crippen molar-refractivity contribution < 1.29 is 27.9 Å². The monoisotopic (exact) mass is 622 g/mol. The minimum absolute atomic E-state index is 0.0544. The number of amides is 1. The van der Waals surface area contributed by atoms with Crippen LogP contribution in [0.1, 0.15) is 33.1 Å². The van der Waals surface area contributed by atoms with Gasteiger partial charge in [-0.3, -0.25) is 9.69 Å². The van der Waals surface area contributed by atoms with E-state index in [0.717, 1.165) is 25.8 Å². The number of likely N-dealkylation sites (tertiary alicyclic amines) is 1. The van der Waals surface area contributed by atoms with Crippen LogP contribution in [0.25, 0.3) is 0 Å². The van der Waals surface area contributed by atoms with E-state index in [1.54, 1.807) is 18.7 Å². The maximum atomic E-state index is 13.7. The molecule has 0 aromatic heterocycles. The van der Waals surface area contributed by atoms with Gasteiger partial charge in [0, 0.05) is 6.54 Å². The molecule has 0 spiro atoms. The average molecular weight is 623 g/mol. The van der Waals surface area contributed by atoms with Gasteiger partial charge in [0.25, 0.3) is 0 Å². The van der Waals surface area contributed by atoms with Crippen molar-refractivity contribution in [1.82, 2.24) is 10.2 Å². The number of likely N-dealkylation sites (N-methyl/N-ethyl adjacent to an activating group) is 1. The Labute approximate surface area is 246 Å². The number of aliphatic hydroxyl groups excluding tert-OH is 1. The van der Waals surface area contributed by atoms with Crippen LogP contribution < -0.4 is 5.32 Å². The van der Waals surface area contributed by atoms with E-state index in [4.69, 9.17) is 18.0 Å². The van der Waals surface area contributed by atoms with Crippen LogP contribution >= 0.6 is 11.8 Å². The molecule has 2 aliphatic heterocycles. The Kier molecular flexibility index (Phi) is 12.8. The molecule has 2 N–H and O–H groups in total. The quantitative estimate of drug-likeness (QED) is 0.285. The third-order valence-corrected chi connectivity index (χ3v) is 10.8. The summed E-state index contributed by atoms with van der Waals surface area (Å²) in [6, 6.07) is -0.858. The van der Waals surface area contributed by atoms with Gasteiger partial charge in [0.15, 0.2) is 25.0 Å². The lowest BCUT2D eigenvalue weighted by Gasteiger charge is -2.52. The molecule has 8 nitrogen and oxygen atoms in total. The molecular formula is C27H58N2O6SSi3. The molecule has 2 fully saturated rings. The minimum atomic E-state index is -2.10. The van der Waals surface area contributed by atoms with Crippen molar-refractivity contribution in [2.75, 3.05) is 19.8 Å². The molecule has 230 valence electrons. The molecule has 0 aliphatic carbocycles. The Morgan fingerprint density at radius 1 is 1.00 bits per heavy atom. The number of carbonyl (C=O) groups is 1. The Bertz CT molecular complexity index is 789. The highest BCUT2D eigenvalue weighted by Crippen LogP contribution is 2.38. The second-order valence-electron chi connectivity index (χ2n) is 14.4. The number of carbonyl (C=O) groups excluding carboxylic acids is 1. The van der Waals surface area contributed by atoms with Gasteiger partial charge in [-0.2, -0.15) is 0 Å². The number of rotatable bonds is 13. The molecule has 2 saturated heterocycles. The first-order valence-electron chi connectivity index (χ1n) is 14.7. The van der Waals surface area contributed by atoms with Gasteiger partial charge in [0.2, 0.25) is 5.91 Å². The van der Waals surface area contributed by atoms with Crippen molar-refractivity contribution in [3.8, 4) is 0 Å². The first kappa shape index (κ1) is 35.4. The van der Waals surface area contributed by atoms with Crippen LogP contribution in [0.2, 0.25) is 58.9 Å². The normalized spacial score (nSPS) is 32.7. The topological polar surface area (TPSA) is 89.5 Å². The lowest BCUT2D eigenvalue weighted by atomic mass is 9.91. The van der Waals surface area contributed by atoms with E-state index in [1.807, 2.05) is 13.3 Å². The minimum Gasteiger partial charge on any atom is -0.409 e. The van der Waals surface area contributed by atoms with Crippen LogP contribution in [-0.2, 0) is 22.8 Å². The molecule has 39 heavy (non-hydrogen) atoms. The van der Waals surface area contributed by atoms with Gasteiger partial charge in [0.1, 0.15) is 29.9 Å². The van der Waals surface area contributed by atoms with Crippen LogP contribution in [0.5, 0.6) is 0 Å². The Morgan fingerprint density at radius 3 is 1.97 bits per heavy atom. The van der Waals surface area contributed by atoms with E-state index < -0.39 is 49.3 Å². The highest BCUT2D eigenvalue weighted by molar-refractivity contribution is 7.99. The molecule has 9 atom stereocenters. The average Bonchev–Trinajstić information content (AvgIpc) is 3.12. The molecule has 2 rings (SSSR count). The predicted octanol–water partition coefficient (Wildman–Crippen LogP) is 4.72. The first-order chi connectivity index (χ1) is 17.8. The fourth-order valence-electron chi connectivity index (χ4n) is 5.70. The van der Waals surface area contributed by atoms with Crippen molar-refractivity contribution in [1.29, 1.82) is 0 Å². The lowest BCUT2D eigenvalue weighted by molar-refractivity contribution is -0.196. The van der Waals surface area contributed by atoms with E-state index in [1.165, 1.54) is 0 Å². The standard InChI is InChI=1S/C27H58N2O6SSi3/c1-14-15-19-16-20(29(3)17-19)26(31)28-21(18(2)30)22-23(33-37(5,6)7)24(34-38(8,9)10)25(27(32-22)36-4)35-39(11,12)13/h18-25,27,30H,14-17H2,1-13H3,(H,28,31)/t18-,19+,20?,21+,22+,23-,24?,25?,27+/m0/s1. The smallest absolute Gasteiger partial charge is 0.237 e. The van der Waals surface area contributed by atoms with Crippen molar-refractivity contribution in [3.63, 3.8) is 0 Å². The van der Waals surface area contributed by atoms with E-state index in [-0.39, 0.29) is 29.6 Å². The molecule has 0 saturated carbocycles. The number of thioether (sulfide) groups is 1. The zero-order chi connectivity index (χ0) is 29.9. The molecule has 0 radical (unpaired) electrons. The van der Waals surface area contributed by atoms with Gasteiger partial charge in [0.05, 0.1) is 18.2 Å². The number of nitrogens with one attached hydrogen (secondary N) is 1. The third kappa shape index (κ3) is 10.8. The fourth-order valence-corrected chi connectivity index (χ4v) is 9.76. The molecular weight excluding hydrogens is 565 g/mol. The van der Waals surface area contributed by atoms with Crippen LogP contribution in [-0.4, -0.2) is 109 Å². The van der Waals surface area contributed by atoms with Crippen molar-refractivity contribution in [3.05, 3.63) is 0 Å². The third-order valence-electron chi connectivity index (χ3n) is 7.05. The molecule has 0 aromatic carbocycles. The summed E-state index contributed by atoms with van der Waals surface area (Å²) in [5.74, 6) is 0.464. The summed E-state index contributed by atoms with van der Waals surface area (Å²) in [5.41, 5.74) is -0.314. The molecule has 2 aliphatic rings. The number of hydrogen-bond donors (Lipinski definition) is 2. The van der Waals surface area contributed by atoms with Crippen LogP contribution in [0, 0.1) is 5.92 Å². The van der Waals surface area contributed by atoms with Crippen molar-refractivity contribution in [2.45, 2.75) is 140 Å². The zero-order valence-corrected chi connectivity index (χ0v) is 30.7. The molecule has 12 heteroatoms. The first-order valence-corrected chi connectivity index (χ1v) is 26.2. The maximum Gasteiger partial charge on any atom is 0.237 e. The molecule has 1 amide bonds. The number of aliphatic hydroxyl groups is 1. The van der Waals surface area contributed by atoms with E-state index in [9.17, 15) is 9.90 Å². The SMILES string of the molecule is CCC[C@@H]1CC(C(=O)N[C@@H]([C@H]2O[C@H](SC)C(O[Si](C)(C)C)C(O[Si](C)(C)C)[C@H]2O[Si](C)(C)C)[C@H](C)O)N(C)C1. The maximum absolute atomic E-state index is 13.7. The summed E-state index contributed by atoms with van der Waals surface area (Å²) in [7, 11) is -4.09. The van der Waals surface area contributed by atoms with E-state index >= 15 is 0 Å². The second kappa shape index (κ2) is 14.1. The lowest BCUT2D eigenvalue weighted by Crippen LogP contribution is -2.69. The Balaban J connectivity index is 2.49. The second-order valence-corrected chi connectivity index (χ2v) is 28.7. The summed E-state index contributed by atoms with van der Waals surface area (Å²) in [5, 5.41) is 14.3. The molecule has 0 aromatic rings. The highest BCUT2D eigenvalue weighted by Gasteiger charge is 2.54. The van der Waals surface area contributed by atoms with Gasteiger partial charge in [-0.15, -0.1) is 11.8 Å². The summed E-state index contributed by atoms with van der Waals surface area (Å²) in [4.78, 5) is 15.8. The molecule has 2 heterocycles. The summed E-state index contributed by atoms with van der Waals surface area (Å²) < 4.78 is 27.3. The highest BCUT2D eigenvalue weighted by atomic mass is 32.2. The van der Waals surface area contributed by atoms with Gasteiger partial charge in [-0.1, -0.05) is 13.3 Å². The number of ether oxygens (including phenoxy) is 1. The summed E-state index contributed by atoms with van der Waals surface area (Å²) >= 11 is 1.59. The van der Waals surface area contributed by atoms with E-state index in [0.29, 0.717) is 5.92 Å². The number of hydrogen-bond acceptors (Lipinski definition) is 8. The zero-order valence-electron chi connectivity index (χ0n) is 26.9. The van der Waals surface area contributed by atoms with Gasteiger partial charge in [-0.05, 0) is 97.9 Å². The summed E-state index contributed by atoms with van der Waals surface area (Å²) in [6.45, 7) is 24.4. The predicted molar refractivity (Wildman–Crippen MR) is 170 cm³/mol. The molecule has 3 unspecified atom stereocenters. The van der Waals surface area contributed by atoms with Crippen LogP contribution in [0.15, 0.2) is 0 Å². The summed E-state index contributed by atoms with van der Waals surface area (Å²) in [6.07, 6.45) is 2.51. The number of nitrogens with zero attached hydrogens (tertiary/aromatic N) is 1. The van der Waals surface area contributed by atoms with Crippen LogP contribution in [0.3, 0.4) is 0 Å². The van der Waals surface area contributed by atoms with Crippen LogP contribution in [0.4, 0.5) is 0 Å². The Hall–Kier alpha value is 0.231. The Morgan fingerprint density at radius 2 is 1.51 bits per heavy atom. The van der Waals surface area contributed by atoms with Gasteiger partial charge >= 0.3 is 0 Å². The van der Waals surface area contributed by atoms with Crippen molar-refractivity contribution >= 4 is 42.6 Å². The van der Waals surface area contributed by atoms with Gasteiger partial charge < -0.3 is 28.4 Å². The fraction of sp³-hybridized carbons (Fsp3) is 0.963. The van der Waals surface area contributed by atoms with Crippen molar-refractivity contribution in [2.24, 2.45) is 5.92 Å².